The molecule has 5 nitrogen and oxygen atoms in total. The van der Waals surface area contributed by atoms with Crippen LogP contribution in [0.5, 0.6) is 5.75 Å². The van der Waals surface area contributed by atoms with E-state index in [9.17, 15) is 14.4 Å². The van der Waals surface area contributed by atoms with Crippen LogP contribution in [0.3, 0.4) is 0 Å². The van der Waals surface area contributed by atoms with E-state index in [4.69, 9.17) is 16.3 Å². The van der Waals surface area contributed by atoms with Gasteiger partial charge < -0.3 is 4.74 Å². The number of amides is 2. The van der Waals surface area contributed by atoms with Gasteiger partial charge in [-0.25, -0.2) is 0 Å². The minimum absolute atomic E-state index is 0.282. The van der Waals surface area contributed by atoms with Crippen LogP contribution in [0.25, 0.3) is 6.08 Å². The molecule has 0 aliphatic carbocycles. The van der Waals surface area contributed by atoms with Crippen molar-refractivity contribution >= 4 is 46.4 Å². The molecular weight excluding hydrogens is 374 g/mol. The lowest BCUT2D eigenvalue weighted by Gasteiger charge is -2.11. The van der Waals surface area contributed by atoms with E-state index in [-0.39, 0.29) is 17.2 Å². The van der Waals surface area contributed by atoms with Gasteiger partial charge in [0.1, 0.15) is 5.75 Å². The van der Waals surface area contributed by atoms with Crippen molar-refractivity contribution in [2.75, 3.05) is 13.7 Å². The maximum Gasteiger partial charge on any atom is 0.293 e. The summed E-state index contributed by atoms with van der Waals surface area (Å²) in [6, 6.07) is 13.4. The Kier molecular flexibility index (Phi) is 5.44. The number of imide groups is 1. The molecule has 26 heavy (non-hydrogen) atoms. The van der Waals surface area contributed by atoms with E-state index in [0.717, 1.165) is 22.2 Å². The summed E-state index contributed by atoms with van der Waals surface area (Å²) in [7, 11) is 1.57. The third-order valence-corrected chi connectivity index (χ3v) is 4.91. The molecule has 2 amide bonds. The molecule has 0 unspecified atom stereocenters. The van der Waals surface area contributed by atoms with Crippen molar-refractivity contribution in [3.63, 3.8) is 0 Å². The van der Waals surface area contributed by atoms with E-state index < -0.39 is 11.1 Å². The first-order chi connectivity index (χ1) is 12.5. The number of nitrogens with zero attached hydrogens (tertiary/aromatic N) is 1. The number of hydrogen-bond acceptors (Lipinski definition) is 5. The third-order valence-electron chi connectivity index (χ3n) is 3.76. The molecule has 0 spiro atoms. The first kappa shape index (κ1) is 18.2. The number of carbonyl (C=O) groups is 3. The second-order valence-electron chi connectivity index (χ2n) is 5.47. The fourth-order valence-corrected chi connectivity index (χ4v) is 3.32. The number of ether oxygens (including phenoxy) is 1. The molecule has 1 saturated heterocycles. The molecule has 0 bridgehead atoms. The Morgan fingerprint density at radius 1 is 1.12 bits per heavy atom. The van der Waals surface area contributed by atoms with Crippen molar-refractivity contribution in [2.45, 2.75) is 0 Å². The lowest BCUT2D eigenvalue weighted by Crippen LogP contribution is -2.33. The number of thioether (sulfide) groups is 1. The quantitative estimate of drug-likeness (QED) is 0.566. The van der Waals surface area contributed by atoms with Gasteiger partial charge in [0.15, 0.2) is 5.78 Å². The second-order valence-corrected chi connectivity index (χ2v) is 6.90. The van der Waals surface area contributed by atoms with E-state index in [2.05, 4.69) is 0 Å². The lowest BCUT2D eigenvalue weighted by atomic mass is 10.1. The molecule has 1 aliphatic heterocycles. The van der Waals surface area contributed by atoms with Crippen LogP contribution in [0.15, 0.2) is 53.4 Å². The third kappa shape index (κ3) is 3.98. The summed E-state index contributed by atoms with van der Waals surface area (Å²) in [5.74, 6) is -0.100. The topological polar surface area (TPSA) is 63.7 Å². The standard InChI is InChI=1S/C19H14ClNO4S/c1-25-15-8-2-12(3-9-15)10-17-18(23)21(19(24)26-17)11-16(22)13-4-6-14(20)7-5-13/h2-10H,11H2,1H3. The van der Waals surface area contributed by atoms with Crippen molar-refractivity contribution in [3.05, 3.63) is 69.6 Å². The van der Waals surface area contributed by atoms with Gasteiger partial charge in [0.05, 0.1) is 18.6 Å². The van der Waals surface area contributed by atoms with Gasteiger partial charge in [-0.2, -0.15) is 0 Å². The number of hydrogen-bond donors (Lipinski definition) is 0. The maximum atomic E-state index is 12.5. The number of ketones is 1. The van der Waals surface area contributed by atoms with Gasteiger partial charge in [0.2, 0.25) is 0 Å². The van der Waals surface area contributed by atoms with E-state index in [1.807, 2.05) is 0 Å². The van der Waals surface area contributed by atoms with Crippen LogP contribution >= 0.6 is 23.4 Å². The van der Waals surface area contributed by atoms with Crippen molar-refractivity contribution in [1.82, 2.24) is 4.90 Å². The second kappa shape index (κ2) is 7.76. The predicted octanol–water partition coefficient (Wildman–Crippen LogP) is 4.27. The fraction of sp³-hybridized carbons (Fsp3) is 0.105. The summed E-state index contributed by atoms with van der Waals surface area (Å²) in [5, 5.41) is 0.0483. The van der Waals surface area contributed by atoms with Crippen molar-refractivity contribution in [3.8, 4) is 5.75 Å². The first-order valence-electron chi connectivity index (χ1n) is 7.66. The summed E-state index contributed by atoms with van der Waals surface area (Å²) >= 11 is 6.62. The molecule has 1 fully saturated rings. The first-order valence-corrected chi connectivity index (χ1v) is 8.85. The molecule has 0 aromatic heterocycles. The van der Waals surface area contributed by atoms with Gasteiger partial charge in [0.25, 0.3) is 11.1 Å². The van der Waals surface area contributed by atoms with E-state index >= 15 is 0 Å². The van der Waals surface area contributed by atoms with E-state index in [1.54, 1.807) is 61.7 Å². The zero-order valence-corrected chi connectivity index (χ0v) is 15.3. The molecule has 0 saturated carbocycles. The van der Waals surface area contributed by atoms with Gasteiger partial charge in [-0.1, -0.05) is 23.7 Å². The molecule has 1 aliphatic rings. The molecule has 0 N–H and O–H groups in total. The highest BCUT2D eigenvalue weighted by molar-refractivity contribution is 8.18. The van der Waals surface area contributed by atoms with Crippen LogP contribution in [0.2, 0.25) is 5.02 Å². The molecule has 2 aromatic carbocycles. The summed E-state index contributed by atoms with van der Waals surface area (Å²) < 4.78 is 5.09. The minimum Gasteiger partial charge on any atom is -0.497 e. The van der Waals surface area contributed by atoms with Crippen LogP contribution in [-0.2, 0) is 4.79 Å². The van der Waals surface area contributed by atoms with Crippen LogP contribution in [0.4, 0.5) is 4.79 Å². The van der Waals surface area contributed by atoms with Crippen molar-refractivity contribution in [2.24, 2.45) is 0 Å². The summed E-state index contributed by atoms with van der Waals surface area (Å²) in [6.07, 6.45) is 1.62. The van der Waals surface area contributed by atoms with Crippen LogP contribution in [0, 0.1) is 0 Å². The summed E-state index contributed by atoms with van der Waals surface area (Å²) in [5.41, 5.74) is 1.16. The molecule has 3 rings (SSSR count). The highest BCUT2D eigenvalue weighted by Gasteiger charge is 2.36. The Morgan fingerprint density at radius 3 is 2.38 bits per heavy atom. The minimum atomic E-state index is -0.474. The van der Waals surface area contributed by atoms with Gasteiger partial charge in [-0.3, -0.25) is 19.3 Å². The number of Topliss-reactive ketones (excluding diaryl/α,β-unsaturated/α-hetero) is 1. The number of benzene rings is 2. The van der Waals surface area contributed by atoms with Crippen LogP contribution < -0.4 is 4.74 Å². The number of rotatable bonds is 5. The van der Waals surface area contributed by atoms with Crippen molar-refractivity contribution in [1.29, 1.82) is 0 Å². The average Bonchev–Trinajstić information content (AvgIpc) is 2.90. The Hall–Kier alpha value is -2.57. The molecular formula is C19H14ClNO4S. The highest BCUT2D eigenvalue weighted by atomic mass is 35.5. The molecule has 2 aromatic rings. The number of carbonyl (C=O) groups excluding carboxylic acids is 3. The number of methoxy groups -OCH3 is 1. The van der Waals surface area contributed by atoms with Gasteiger partial charge in [0, 0.05) is 10.6 Å². The Labute approximate surface area is 159 Å². The fourth-order valence-electron chi connectivity index (χ4n) is 2.36. The van der Waals surface area contributed by atoms with E-state index in [1.165, 1.54) is 0 Å². The monoisotopic (exact) mass is 387 g/mol. The normalized spacial score (nSPS) is 15.6. The smallest absolute Gasteiger partial charge is 0.293 e. The van der Waals surface area contributed by atoms with E-state index in [0.29, 0.717) is 16.3 Å². The molecule has 7 heteroatoms. The highest BCUT2D eigenvalue weighted by Crippen LogP contribution is 2.32. The van der Waals surface area contributed by atoms with Gasteiger partial charge in [-0.15, -0.1) is 0 Å². The lowest BCUT2D eigenvalue weighted by molar-refractivity contribution is -0.122. The molecule has 0 atom stereocenters. The van der Waals surface area contributed by atoms with Gasteiger partial charge in [-0.05, 0) is 59.8 Å². The molecule has 132 valence electrons. The largest absolute Gasteiger partial charge is 0.497 e. The van der Waals surface area contributed by atoms with Crippen LogP contribution in [-0.4, -0.2) is 35.5 Å². The average molecular weight is 388 g/mol. The molecule has 0 radical (unpaired) electrons. The maximum absolute atomic E-state index is 12.5. The van der Waals surface area contributed by atoms with Crippen molar-refractivity contribution < 1.29 is 19.1 Å². The number of halogens is 1. The summed E-state index contributed by atoms with van der Waals surface area (Å²) in [4.78, 5) is 38.2. The summed E-state index contributed by atoms with van der Waals surface area (Å²) in [6.45, 7) is -0.299. The molecule has 1 heterocycles. The Balaban J connectivity index is 1.74. The zero-order chi connectivity index (χ0) is 18.7. The SMILES string of the molecule is COc1ccc(C=C2SC(=O)N(CC(=O)c3ccc(Cl)cc3)C2=O)cc1. The Morgan fingerprint density at radius 2 is 1.77 bits per heavy atom. The predicted molar refractivity (Wildman–Crippen MR) is 101 cm³/mol. The Bertz CT molecular complexity index is 891. The van der Waals surface area contributed by atoms with Gasteiger partial charge >= 0.3 is 0 Å². The van der Waals surface area contributed by atoms with Crippen LogP contribution in [0.1, 0.15) is 15.9 Å². The zero-order valence-electron chi connectivity index (χ0n) is 13.8.